The Morgan fingerprint density at radius 3 is 2.62 bits per heavy atom. The van der Waals surface area contributed by atoms with Crippen molar-refractivity contribution in [1.82, 2.24) is 14.8 Å². The molecule has 0 radical (unpaired) electrons. The van der Waals surface area contributed by atoms with E-state index in [1.807, 2.05) is 24.3 Å². The lowest BCUT2D eigenvalue weighted by atomic mass is 9.92. The molecule has 24 heavy (non-hydrogen) atoms. The van der Waals surface area contributed by atoms with Gasteiger partial charge in [-0.2, -0.15) is 9.78 Å². The second-order valence-electron chi connectivity index (χ2n) is 6.61. The molecule has 0 aromatic carbocycles. The molecule has 0 spiro atoms. The third-order valence-corrected chi connectivity index (χ3v) is 3.69. The first kappa shape index (κ1) is 16.0. The van der Waals surface area contributed by atoms with Gasteiger partial charge in [-0.1, -0.05) is 26.8 Å². The maximum atomic E-state index is 12.5. The Hall–Kier alpha value is -2.89. The summed E-state index contributed by atoms with van der Waals surface area (Å²) in [5.74, 6) is 1.56. The van der Waals surface area contributed by atoms with Crippen molar-refractivity contribution in [1.29, 1.82) is 0 Å². The van der Waals surface area contributed by atoms with Crippen LogP contribution in [-0.2, 0) is 5.41 Å². The molecule has 0 aliphatic heterocycles. The van der Waals surface area contributed by atoms with E-state index in [0.717, 1.165) is 5.69 Å². The first-order valence-corrected chi connectivity index (χ1v) is 7.73. The van der Waals surface area contributed by atoms with E-state index in [2.05, 4.69) is 36.2 Å². The van der Waals surface area contributed by atoms with E-state index in [1.54, 1.807) is 23.9 Å². The minimum atomic E-state index is -0.237. The Labute approximate surface area is 140 Å². The van der Waals surface area contributed by atoms with Gasteiger partial charge in [0.05, 0.1) is 17.5 Å². The number of hydrogen-bond acceptors (Lipinski definition) is 4. The highest BCUT2D eigenvalue weighted by Crippen LogP contribution is 2.26. The van der Waals surface area contributed by atoms with Gasteiger partial charge in [-0.3, -0.25) is 4.79 Å². The number of amides is 1. The summed E-state index contributed by atoms with van der Waals surface area (Å²) in [6.07, 6.45) is 3.19. The molecule has 1 amide bonds. The number of nitrogens with zero attached hydrogens (tertiary/aromatic N) is 3. The van der Waals surface area contributed by atoms with Crippen molar-refractivity contribution in [3.05, 3.63) is 59.8 Å². The highest BCUT2D eigenvalue weighted by Gasteiger charge is 2.22. The van der Waals surface area contributed by atoms with Crippen molar-refractivity contribution in [2.24, 2.45) is 0 Å². The Bertz CT molecular complexity index is 857. The normalized spacial score (nSPS) is 11.5. The van der Waals surface area contributed by atoms with Crippen LogP contribution in [0.4, 0.5) is 5.82 Å². The fourth-order valence-corrected chi connectivity index (χ4v) is 2.29. The topological polar surface area (TPSA) is 73.0 Å². The second-order valence-corrected chi connectivity index (χ2v) is 6.61. The van der Waals surface area contributed by atoms with Gasteiger partial charge in [0.25, 0.3) is 5.91 Å². The van der Waals surface area contributed by atoms with E-state index in [9.17, 15) is 4.79 Å². The molecule has 3 heterocycles. The van der Waals surface area contributed by atoms with Gasteiger partial charge >= 0.3 is 0 Å². The highest BCUT2D eigenvalue weighted by atomic mass is 16.3. The van der Waals surface area contributed by atoms with E-state index in [1.165, 1.54) is 6.26 Å². The van der Waals surface area contributed by atoms with Crippen LogP contribution in [0.2, 0.25) is 0 Å². The van der Waals surface area contributed by atoms with Gasteiger partial charge in [0.15, 0.2) is 5.82 Å². The van der Waals surface area contributed by atoms with Crippen molar-refractivity contribution < 1.29 is 9.21 Å². The summed E-state index contributed by atoms with van der Waals surface area (Å²) in [5.41, 5.74) is 1.22. The molecular weight excluding hydrogens is 304 g/mol. The first-order valence-electron chi connectivity index (χ1n) is 7.73. The van der Waals surface area contributed by atoms with Crippen LogP contribution in [0, 0.1) is 6.92 Å². The van der Waals surface area contributed by atoms with Crippen LogP contribution in [0.25, 0.3) is 5.82 Å². The minimum absolute atomic E-state index is 0.148. The Kier molecular flexibility index (Phi) is 3.97. The molecule has 3 rings (SSSR count). The molecule has 1 N–H and O–H groups in total. The number of carbonyl (C=O) groups excluding carboxylic acids is 1. The third-order valence-electron chi connectivity index (χ3n) is 3.69. The van der Waals surface area contributed by atoms with Gasteiger partial charge < -0.3 is 9.73 Å². The number of anilines is 1. The monoisotopic (exact) mass is 324 g/mol. The third kappa shape index (κ3) is 3.08. The predicted molar refractivity (Wildman–Crippen MR) is 91.5 cm³/mol. The standard InChI is InChI=1S/C18H20N4O2/c1-12-13(8-10-24-12)17(23)20-16-11-14(18(2,3)4)21-22(16)15-7-5-6-9-19-15/h5-11H,1-4H3,(H,20,23). The average molecular weight is 324 g/mol. The summed E-state index contributed by atoms with van der Waals surface area (Å²) in [6, 6.07) is 9.09. The number of pyridine rings is 1. The van der Waals surface area contributed by atoms with Crippen molar-refractivity contribution in [2.45, 2.75) is 33.1 Å². The Morgan fingerprint density at radius 2 is 2.04 bits per heavy atom. The molecule has 0 aliphatic rings. The summed E-state index contributed by atoms with van der Waals surface area (Å²) in [7, 11) is 0. The van der Waals surface area contributed by atoms with Gasteiger partial charge in [0.2, 0.25) is 0 Å². The maximum Gasteiger partial charge on any atom is 0.260 e. The lowest BCUT2D eigenvalue weighted by molar-refractivity contribution is 0.102. The predicted octanol–water partition coefficient (Wildman–Crippen LogP) is 3.72. The molecule has 0 atom stereocenters. The van der Waals surface area contributed by atoms with Gasteiger partial charge in [0, 0.05) is 17.7 Å². The summed E-state index contributed by atoms with van der Waals surface area (Å²) < 4.78 is 6.85. The van der Waals surface area contributed by atoms with Crippen LogP contribution in [0.5, 0.6) is 0 Å². The fourth-order valence-electron chi connectivity index (χ4n) is 2.29. The number of nitrogens with one attached hydrogen (secondary N) is 1. The number of rotatable bonds is 3. The van der Waals surface area contributed by atoms with Gasteiger partial charge in [-0.15, -0.1) is 0 Å². The van der Waals surface area contributed by atoms with Crippen LogP contribution in [0.1, 0.15) is 42.6 Å². The number of aryl methyl sites for hydroxylation is 1. The molecule has 3 aromatic rings. The number of carbonyl (C=O) groups is 1. The largest absolute Gasteiger partial charge is 0.469 e. The summed E-state index contributed by atoms with van der Waals surface area (Å²) >= 11 is 0. The quantitative estimate of drug-likeness (QED) is 0.797. The van der Waals surface area contributed by atoms with Crippen molar-refractivity contribution in [3.8, 4) is 5.82 Å². The fraction of sp³-hybridized carbons (Fsp3) is 0.278. The SMILES string of the molecule is Cc1occc1C(=O)Nc1cc(C(C)(C)C)nn1-c1ccccn1. The highest BCUT2D eigenvalue weighted by molar-refractivity contribution is 6.04. The molecule has 0 bridgehead atoms. The molecule has 124 valence electrons. The molecule has 6 nitrogen and oxygen atoms in total. The zero-order valence-electron chi connectivity index (χ0n) is 14.2. The van der Waals surface area contributed by atoms with E-state index in [4.69, 9.17) is 4.42 Å². The zero-order valence-corrected chi connectivity index (χ0v) is 14.2. The average Bonchev–Trinajstić information content (AvgIpc) is 3.14. The van der Waals surface area contributed by atoms with Gasteiger partial charge in [0.1, 0.15) is 11.6 Å². The van der Waals surface area contributed by atoms with Gasteiger partial charge in [-0.05, 0) is 25.1 Å². The second kappa shape index (κ2) is 5.96. The Balaban J connectivity index is 2.01. The molecular formula is C18H20N4O2. The summed E-state index contributed by atoms with van der Waals surface area (Å²) in [4.78, 5) is 16.8. The van der Waals surface area contributed by atoms with Crippen molar-refractivity contribution in [3.63, 3.8) is 0 Å². The molecule has 0 saturated heterocycles. The van der Waals surface area contributed by atoms with Gasteiger partial charge in [-0.25, -0.2) is 4.98 Å². The molecule has 6 heteroatoms. The smallest absolute Gasteiger partial charge is 0.260 e. The van der Waals surface area contributed by atoms with Crippen molar-refractivity contribution in [2.75, 3.05) is 5.32 Å². The number of furan rings is 1. The Morgan fingerprint density at radius 1 is 1.25 bits per heavy atom. The van der Waals surface area contributed by atoms with Crippen LogP contribution >= 0.6 is 0 Å². The molecule has 0 saturated carbocycles. The molecule has 0 fully saturated rings. The zero-order chi connectivity index (χ0) is 17.3. The van der Waals surface area contributed by atoms with E-state index in [-0.39, 0.29) is 11.3 Å². The molecule has 0 aliphatic carbocycles. The van der Waals surface area contributed by atoms with Crippen LogP contribution in [0.15, 0.2) is 47.2 Å². The lowest BCUT2D eigenvalue weighted by Crippen LogP contribution is -2.15. The van der Waals surface area contributed by atoms with Crippen molar-refractivity contribution >= 4 is 11.7 Å². The maximum absolute atomic E-state index is 12.5. The first-order chi connectivity index (χ1) is 11.4. The van der Waals surface area contributed by atoms with Crippen LogP contribution < -0.4 is 5.32 Å². The van der Waals surface area contributed by atoms with E-state index >= 15 is 0 Å². The van der Waals surface area contributed by atoms with E-state index in [0.29, 0.717) is 23.0 Å². The van der Waals surface area contributed by atoms with Crippen LogP contribution in [-0.4, -0.2) is 20.7 Å². The molecule has 0 unspecified atom stereocenters. The summed E-state index contributed by atoms with van der Waals surface area (Å²) in [6.45, 7) is 7.98. The van der Waals surface area contributed by atoms with E-state index < -0.39 is 0 Å². The van der Waals surface area contributed by atoms with Crippen LogP contribution in [0.3, 0.4) is 0 Å². The minimum Gasteiger partial charge on any atom is -0.469 e. The lowest BCUT2D eigenvalue weighted by Gasteiger charge is -2.13. The number of aromatic nitrogens is 3. The molecule has 3 aromatic heterocycles. The summed E-state index contributed by atoms with van der Waals surface area (Å²) in [5, 5.41) is 7.53. The number of hydrogen-bond donors (Lipinski definition) is 1.